The molecule has 0 unspecified atom stereocenters. The lowest BCUT2D eigenvalue weighted by Crippen LogP contribution is -2.39. The van der Waals surface area contributed by atoms with E-state index in [1.54, 1.807) is 0 Å². The first-order valence-electron chi connectivity index (χ1n) is 6.99. The van der Waals surface area contributed by atoms with Gasteiger partial charge >= 0.3 is 5.97 Å². The topological polar surface area (TPSA) is 26.3 Å². The lowest BCUT2D eigenvalue weighted by molar-refractivity contribution is -0.144. The van der Waals surface area contributed by atoms with Gasteiger partial charge in [0.1, 0.15) is 11.5 Å². The van der Waals surface area contributed by atoms with Gasteiger partial charge in [0.2, 0.25) is 0 Å². The third-order valence-electron chi connectivity index (χ3n) is 4.46. The lowest BCUT2D eigenvalue weighted by atomic mass is 9.66. The summed E-state index contributed by atoms with van der Waals surface area (Å²) in [5.74, 6) is -0.0466. The minimum absolute atomic E-state index is 0.0806. The van der Waals surface area contributed by atoms with Crippen molar-refractivity contribution >= 4 is 5.97 Å². The Bertz CT molecular complexity index is 564. The fourth-order valence-electron chi connectivity index (χ4n) is 3.23. The van der Waals surface area contributed by atoms with Gasteiger partial charge in [-0.1, -0.05) is 67.6 Å². The Balaban J connectivity index is 2.27. The van der Waals surface area contributed by atoms with E-state index in [9.17, 15) is 4.79 Å². The van der Waals surface area contributed by atoms with Crippen molar-refractivity contribution in [3.8, 4) is 0 Å². The van der Waals surface area contributed by atoms with E-state index in [2.05, 4.69) is 6.92 Å². The zero-order valence-corrected chi connectivity index (χ0v) is 11.7. The molecule has 20 heavy (non-hydrogen) atoms. The monoisotopic (exact) mass is 266 g/mol. The van der Waals surface area contributed by atoms with Gasteiger partial charge in [-0.05, 0) is 18.1 Å². The molecule has 1 heterocycles. The predicted octanol–water partition coefficient (Wildman–Crippen LogP) is 3.55. The highest BCUT2D eigenvalue weighted by atomic mass is 16.6. The molecule has 1 fully saturated rings. The second-order valence-corrected chi connectivity index (χ2v) is 5.44. The van der Waals surface area contributed by atoms with Crippen LogP contribution in [0.1, 0.15) is 25.0 Å². The molecule has 2 nitrogen and oxygen atoms in total. The average Bonchev–Trinajstić information content (AvgIpc) is 2.72. The van der Waals surface area contributed by atoms with Gasteiger partial charge in [-0.25, -0.2) is 0 Å². The smallest absolute Gasteiger partial charge is 0.321 e. The van der Waals surface area contributed by atoms with E-state index in [-0.39, 0.29) is 18.0 Å². The Morgan fingerprint density at radius 2 is 1.30 bits per heavy atom. The standard InChI is InChI=1S/C18H18O2/c1-13-14(2)20-17(19)18(13,15-9-5-3-6-10-15)16-11-7-4-8-12-16/h3-14H,1-2H3/t13-,14+/m1/s1. The predicted molar refractivity (Wildman–Crippen MR) is 78.4 cm³/mol. The van der Waals surface area contributed by atoms with Gasteiger partial charge in [0, 0.05) is 5.92 Å². The molecule has 1 saturated heterocycles. The van der Waals surface area contributed by atoms with E-state index in [4.69, 9.17) is 4.74 Å². The number of carbonyl (C=O) groups is 1. The number of hydrogen-bond acceptors (Lipinski definition) is 2. The Labute approximate surface area is 119 Å². The van der Waals surface area contributed by atoms with Crippen LogP contribution in [-0.4, -0.2) is 12.1 Å². The molecular weight excluding hydrogens is 248 g/mol. The van der Waals surface area contributed by atoms with Gasteiger partial charge in [0.25, 0.3) is 0 Å². The second-order valence-electron chi connectivity index (χ2n) is 5.44. The summed E-state index contributed by atoms with van der Waals surface area (Å²) in [5.41, 5.74) is 1.32. The fraction of sp³-hybridized carbons (Fsp3) is 0.278. The van der Waals surface area contributed by atoms with Crippen LogP contribution in [0, 0.1) is 5.92 Å². The van der Waals surface area contributed by atoms with E-state index < -0.39 is 5.41 Å². The first-order valence-corrected chi connectivity index (χ1v) is 6.99. The number of hydrogen-bond donors (Lipinski definition) is 0. The van der Waals surface area contributed by atoms with Crippen LogP contribution in [0.3, 0.4) is 0 Å². The van der Waals surface area contributed by atoms with Crippen LogP contribution in [0.4, 0.5) is 0 Å². The summed E-state index contributed by atoms with van der Waals surface area (Å²) >= 11 is 0. The number of benzene rings is 2. The maximum Gasteiger partial charge on any atom is 0.321 e. The van der Waals surface area contributed by atoms with Crippen molar-refractivity contribution in [2.45, 2.75) is 25.4 Å². The minimum Gasteiger partial charge on any atom is -0.461 e. The van der Waals surface area contributed by atoms with Crippen LogP contribution < -0.4 is 0 Å². The highest BCUT2D eigenvalue weighted by Crippen LogP contribution is 2.47. The Hall–Kier alpha value is -2.09. The number of cyclic esters (lactones) is 1. The first kappa shape index (κ1) is 12.9. The van der Waals surface area contributed by atoms with Gasteiger partial charge in [-0.2, -0.15) is 0 Å². The van der Waals surface area contributed by atoms with Crippen molar-refractivity contribution in [1.29, 1.82) is 0 Å². The van der Waals surface area contributed by atoms with Crippen molar-refractivity contribution in [3.63, 3.8) is 0 Å². The molecule has 0 radical (unpaired) electrons. The summed E-state index contributed by atoms with van der Waals surface area (Å²) < 4.78 is 5.56. The van der Waals surface area contributed by atoms with Crippen molar-refractivity contribution in [2.24, 2.45) is 5.92 Å². The van der Waals surface area contributed by atoms with E-state index >= 15 is 0 Å². The lowest BCUT2D eigenvalue weighted by Gasteiger charge is -2.31. The van der Waals surface area contributed by atoms with Crippen LogP contribution in [0.15, 0.2) is 60.7 Å². The van der Waals surface area contributed by atoms with E-state index in [0.29, 0.717) is 0 Å². The maximum absolute atomic E-state index is 12.7. The highest BCUT2D eigenvalue weighted by molar-refractivity contribution is 5.90. The van der Waals surface area contributed by atoms with Gasteiger partial charge in [-0.3, -0.25) is 4.79 Å². The Morgan fingerprint density at radius 1 is 0.850 bits per heavy atom. The summed E-state index contributed by atoms with van der Waals surface area (Å²) in [6.45, 7) is 4.06. The van der Waals surface area contributed by atoms with Gasteiger partial charge in [0.05, 0.1) is 0 Å². The number of rotatable bonds is 2. The van der Waals surface area contributed by atoms with Crippen molar-refractivity contribution in [2.75, 3.05) is 0 Å². The molecule has 0 aliphatic carbocycles. The molecule has 2 atom stereocenters. The SMILES string of the molecule is C[C@@H]1OC(=O)C(c2ccccc2)(c2ccccc2)[C@@H]1C. The van der Waals surface area contributed by atoms with Crippen LogP contribution in [0.25, 0.3) is 0 Å². The highest BCUT2D eigenvalue weighted by Gasteiger charge is 2.55. The molecule has 3 rings (SSSR count). The maximum atomic E-state index is 12.7. The zero-order valence-electron chi connectivity index (χ0n) is 11.7. The van der Waals surface area contributed by atoms with Crippen molar-refractivity contribution in [1.82, 2.24) is 0 Å². The molecule has 2 aromatic rings. The number of esters is 1. The fourth-order valence-corrected chi connectivity index (χ4v) is 3.23. The quantitative estimate of drug-likeness (QED) is 0.777. The molecule has 1 aliphatic heterocycles. The molecule has 102 valence electrons. The van der Waals surface area contributed by atoms with Crippen LogP contribution >= 0.6 is 0 Å². The third-order valence-corrected chi connectivity index (χ3v) is 4.46. The van der Waals surface area contributed by atoms with Crippen molar-refractivity contribution < 1.29 is 9.53 Å². The Kier molecular flexibility index (Phi) is 3.09. The minimum atomic E-state index is -0.693. The zero-order chi connectivity index (χ0) is 14.2. The van der Waals surface area contributed by atoms with Crippen molar-refractivity contribution in [3.05, 3.63) is 71.8 Å². The molecule has 0 bridgehead atoms. The summed E-state index contributed by atoms with van der Waals surface area (Å²) in [7, 11) is 0. The van der Waals surface area contributed by atoms with E-state index in [1.165, 1.54) is 0 Å². The van der Waals surface area contributed by atoms with Gasteiger partial charge in [-0.15, -0.1) is 0 Å². The van der Waals surface area contributed by atoms with E-state index in [0.717, 1.165) is 11.1 Å². The van der Waals surface area contributed by atoms with Crippen LogP contribution in [0.5, 0.6) is 0 Å². The number of carbonyl (C=O) groups excluding carboxylic acids is 1. The Morgan fingerprint density at radius 3 is 1.65 bits per heavy atom. The number of ether oxygens (including phenoxy) is 1. The summed E-state index contributed by atoms with van der Waals surface area (Å²) in [6, 6.07) is 19.9. The molecule has 0 aromatic heterocycles. The van der Waals surface area contributed by atoms with Gasteiger partial charge < -0.3 is 4.74 Å². The molecule has 0 spiro atoms. The van der Waals surface area contributed by atoms with E-state index in [1.807, 2.05) is 67.6 Å². The first-order chi connectivity index (χ1) is 9.67. The molecule has 2 aromatic carbocycles. The molecular formula is C18H18O2. The molecule has 1 aliphatic rings. The normalized spacial score (nSPS) is 24.4. The third kappa shape index (κ3) is 1.68. The molecule has 0 amide bonds. The molecule has 0 saturated carbocycles. The second kappa shape index (κ2) is 4.78. The molecule has 0 N–H and O–H groups in total. The average molecular weight is 266 g/mol. The molecule has 2 heteroatoms. The van der Waals surface area contributed by atoms with Gasteiger partial charge in [0.15, 0.2) is 0 Å². The van der Waals surface area contributed by atoms with Crippen LogP contribution in [-0.2, 0) is 14.9 Å². The summed E-state index contributed by atoms with van der Waals surface area (Å²) in [4.78, 5) is 12.7. The summed E-state index contributed by atoms with van der Waals surface area (Å²) in [6.07, 6.45) is -0.0806. The summed E-state index contributed by atoms with van der Waals surface area (Å²) in [5, 5.41) is 0. The van der Waals surface area contributed by atoms with Crippen LogP contribution in [0.2, 0.25) is 0 Å². The largest absolute Gasteiger partial charge is 0.461 e.